The van der Waals surface area contributed by atoms with Crippen molar-refractivity contribution in [2.24, 2.45) is 0 Å². The molecule has 6 nitrogen and oxygen atoms in total. The highest BCUT2D eigenvalue weighted by atomic mass is 32.1. The van der Waals surface area contributed by atoms with E-state index in [0.717, 1.165) is 59.4 Å². The molecule has 1 fully saturated rings. The van der Waals surface area contributed by atoms with Crippen LogP contribution in [0.3, 0.4) is 0 Å². The number of anilines is 1. The van der Waals surface area contributed by atoms with Gasteiger partial charge in [-0.25, -0.2) is 9.97 Å². The quantitative estimate of drug-likeness (QED) is 0.650. The minimum atomic E-state index is 0.134. The van der Waals surface area contributed by atoms with E-state index in [1.54, 1.807) is 18.3 Å². The summed E-state index contributed by atoms with van der Waals surface area (Å²) in [7, 11) is 0. The summed E-state index contributed by atoms with van der Waals surface area (Å²) in [5, 5.41) is 1.11. The number of carbonyl (C=O) groups is 1. The van der Waals surface area contributed by atoms with Gasteiger partial charge in [-0.2, -0.15) is 0 Å². The third-order valence-corrected chi connectivity index (χ3v) is 6.30. The highest BCUT2D eigenvalue weighted by molar-refractivity contribution is 7.19. The lowest BCUT2D eigenvalue weighted by atomic mass is 10.0. The molecule has 0 spiro atoms. The standard InChI is InChI=1S/C22H26N4O2S/c1-5-28-18-8-6-17(7-9-18)19-14(2)29-22-20(19)21(23-15(3)24-22)26-12-10-25(11-13-26)16(4)27/h6-9H,5,10-13H2,1-4H3. The number of nitrogens with zero attached hydrogens (tertiary/aromatic N) is 4. The van der Waals surface area contributed by atoms with Crippen LogP contribution >= 0.6 is 11.3 Å². The van der Waals surface area contributed by atoms with Crippen LogP contribution in [0.5, 0.6) is 5.75 Å². The van der Waals surface area contributed by atoms with Crippen molar-refractivity contribution in [3.63, 3.8) is 0 Å². The van der Waals surface area contributed by atoms with Crippen LogP contribution in [0.25, 0.3) is 21.3 Å². The molecule has 7 heteroatoms. The summed E-state index contributed by atoms with van der Waals surface area (Å²) in [6, 6.07) is 8.25. The zero-order valence-electron chi connectivity index (χ0n) is 17.4. The van der Waals surface area contributed by atoms with Crippen molar-refractivity contribution in [2.75, 3.05) is 37.7 Å². The Kier molecular flexibility index (Phi) is 5.41. The molecular formula is C22H26N4O2S. The molecule has 1 saturated heterocycles. The SMILES string of the molecule is CCOc1ccc(-c2c(C)sc3nc(C)nc(N4CCN(C(C)=O)CC4)c23)cc1. The van der Waals surface area contributed by atoms with Crippen LogP contribution in [0.4, 0.5) is 5.82 Å². The Labute approximate surface area is 175 Å². The number of rotatable bonds is 4. The van der Waals surface area contributed by atoms with Crippen molar-refractivity contribution < 1.29 is 9.53 Å². The van der Waals surface area contributed by atoms with Crippen LogP contribution in [-0.2, 0) is 4.79 Å². The molecule has 3 aromatic rings. The predicted octanol–water partition coefficient (Wildman–Crippen LogP) is 4.04. The van der Waals surface area contributed by atoms with Crippen LogP contribution in [0.2, 0.25) is 0 Å². The fourth-order valence-electron chi connectivity index (χ4n) is 3.89. The number of fused-ring (bicyclic) bond motifs is 1. The molecule has 3 heterocycles. The number of piperazine rings is 1. The Morgan fingerprint density at radius 1 is 1.10 bits per heavy atom. The van der Waals surface area contributed by atoms with E-state index >= 15 is 0 Å². The number of hydrogen-bond donors (Lipinski definition) is 0. The van der Waals surface area contributed by atoms with Crippen molar-refractivity contribution in [1.29, 1.82) is 0 Å². The number of amides is 1. The Morgan fingerprint density at radius 2 is 1.79 bits per heavy atom. The molecule has 0 radical (unpaired) electrons. The van der Waals surface area contributed by atoms with Gasteiger partial charge in [-0.1, -0.05) is 12.1 Å². The number of carbonyl (C=O) groups excluding carboxylic acids is 1. The molecule has 0 atom stereocenters. The minimum absolute atomic E-state index is 0.134. The number of thiophene rings is 1. The van der Waals surface area contributed by atoms with Gasteiger partial charge in [-0.3, -0.25) is 4.79 Å². The second kappa shape index (κ2) is 7.99. The summed E-state index contributed by atoms with van der Waals surface area (Å²) in [4.78, 5) is 27.7. The molecule has 1 aliphatic rings. The molecule has 0 unspecified atom stereocenters. The zero-order valence-corrected chi connectivity index (χ0v) is 18.2. The van der Waals surface area contributed by atoms with Gasteiger partial charge >= 0.3 is 0 Å². The van der Waals surface area contributed by atoms with Crippen LogP contribution in [0, 0.1) is 13.8 Å². The van der Waals surface area contributed by atoms with E-state index in [1.165, 1.54) is 10.4 Å². The highest BCUT2D eigenvalue weighted by Gasteiger charge is 2.25. The van der Waals surface area contributed by atoms with E-state index in [9.17, 15) is 4.79 Å². The third-order valence-electron chi connectivity index (χ3n) is 5.30. The summed E-state index contributed by atoms with van der Waals surface area (Å²) in [6.07, 6.45) is 0. The van der Waals surface area contributed by atoms with Crippen LogP contribution in [0.15, 0.2) is 24.3 Å². The first kappa shape index (κ1) is 19.6. The van der Waals surface area contributed by atoms with Gasteiger partial charge in [0.15, 0.2) is 0 Å². The van der Waals surface area contributed by atoms with Gasteiger partial charge < -0.3 is 14.5 Å². The van der Waals surface area contributed by atoms with Gasteiger partial charge in [0, 0.05) is 43.5 Å². The van der Waals surface area contributed by atoms with Gasteiger partial charge in [-0.05, 0) is 38.5 Å². The Morgan fingerprint density at radius 3 is 2.41 bits per heavy atom. The lowest BCUT2D eigenvalue weighted by Crippen LogP contribution is -2.48. The maximum absolute atomic E-state index is 11.7. The van der Waals surface area contributed by atoms with Crippen LogP contribution in [-0.4, -0.2) is 53.6 Å². The number of aromatic nitrogens is 2. The fraction of sp³-hybridized carbons (Fsp3) is 0.409. The fourth-order valence-corrected chi connectivity index (χ4v) is 4.98. The molecule has 0 bridgehead atoms. The number of hydrogen-bond acceptors (Lipinski definition) is 6. The lowest BCUT2D eigenvalue weighted by Gasteiger charge is -2.35. The first-order valence-corrected chi connectivity index (χ1v) is 10.8. The van der Waals surface area contributed by atoms with Crippen molar-refractivity contribution in [3.05, 3.63) is 35.0 Å². The largest absolute Gasteiger partial charge is 0.494 e. The van der Waals surface area contributed by atoms with E-state index in [4.69, 9.17) is 14.7 Å². The molecule has 0 N–H and O–H groups in total. The zero-order chi connectivity index (χ0) is 20.5. The maximum Gasteiger partial charge on any atom is 0.219 e. The summed E-state index contributed by atoms with van der Waals surface area (Å²) in [5.74, 6) is 2.76. The average molecular weight is 411 g/mol. The third kappa shape index (κ3) is 3.79. The summed E-state index contributed by atoms with van der Waals surface area (Å²) in [6.45, 7) is 11.4. The second-order valence-electron chi connectivity index (χ2n) is 7.26. The van der Waals surface area contributed by atoms with E-state index in [2.05, 4.69) is 24.0 Å². The molecule has 1 aliphatic heterocycles. The second-order valence-corrected chi connectivity index (χ2v) is 8.46. The lowest BCUT2D eigenvalue weighted by molar-refractivity contribution is -0.129. The maximum atomic E-state index is 11.7. The molecule has 4 rings (SSSR count). The molecule has 1 amide bonds. The van der Waals surface area contributed by atoms with Gasteiger partial charge in [-0.15, -0.1) is 11.3 Å². The topological polar surface area (TPSA) is 58.6 Å². The van der Waals surface area contributed by atoms with Crippen molar-refractivity contribution in [3.8, 4) is 16.9 Å². The van der Waals surface area contributed by atoms with Crippen LogP contribution < -0.4 is 9.64 Å². The van der Waals surface area contributed by atoms with Crippen molar-refractivity contribution in [1.82, 2.24) is 14.9 Å². The molecular weight excluding hydrogens is 384 g/mol. The molecule has 0 aliphatic carbocycles. The van der Waals surface area contributed by atoms with Gasteiger partial charge in [0.2, 0.25) is 5.91 Å². The van der Waals surface area contributed by atoms with E-state index < -0.39 is 0 Å². The average Bonchev–Trinajstić information content (AvgIpc) is 3.03. The van der Waals surface area contributed by atoms with Gasteiger partial charge in [0.1, 0.15) is 22.2 Å². The summed E-state index contributed by atoms with van der Waals surface area (Å²) in [5.41, 5.74) is 2.34. The monoisotopic (exact) mass is 410 g/mol. The Hall–Kier alpha value is -2.67. The number of benzene rings is 1. The predicted molar refractivity (Wildman–Crippen MR) is 118 cm³/mol. The van der Waals surface area contributed by atoms with Gasteiger partial charge in [0.05, 0.1) is 12.0 Å². The molecule has 29 heavy (non-hydrogen) atoms. The summed E-state index contributed by atoms with van der Waals surface area (Å²) < 4.78 is 5.60. The molecule has 2 aromatic heterocycles. The van der Waals surface area contributed by atoms with Crippen LogP contribution in [0.1, 0.15) is 24.5 Å². The first-order chi connectivity index (χ1) is 14.0. The Bertz CT molecular complexity index is 1040. The normalized spacial score (nSPS) is 14.5. The van der Waals surface area contributed by atoms with Crippen molar-refractivity contribution in [2.45, 2.75) is 27.7 Å². The molecule has 1 aromatic carbocycles. The number of aryl methyl sites for hydroxylation is 2. The Balaban J connectivity index is 1.78. The molecule has 152 valence electrons. The van der Waals surface area contributed by atoms with Gasteiger partial charge in [0.25, 0.3) is 0 Å². The first-order valence-electron chi connectivity index (χ1n) is 9.99. The highest BCUT2D eigenvalue weighted by Crippen LogP contribution is 2.42. The summed E-state index contributed by atoms with van der Waals surface area (Å²) >= 11 is 1.71. The number of ether oxygens (including phenoxy) is 1. The van der Waals surface area contributed by atoms with E-state index in [-0.39, 0.29) is 5.91 Å². The minimum Gasteiger partial charge on any atom is -0.494 e. The van der Waals surface area contributed by atoms with E-state index in [0.29, 0.717) is 6.61 Å². The smallest absolute Gasteiger partial charge is 0.219 e. The van der Waals surface area contributed by atoms with E-state index in [1.807, 2.05) is 30.9 Å². The molecule has 0 saturated carbocycles. The van der Waals surface area contributed by atoms with Crippen molar-refractivity contribution >= 4 is 33.3 Å².